The summed E-state index contributed by atoms with van der Waals surface area (Å²) in [6.45, 7) is 8.71. The fourth-order valence-electron chi connectivity index (χ4n) is 4.60. The van der Waals surface area contributed by atoms with E-state index < -0.39 is 5.60 Å². The zero-order chi connectivity index (χ0) is 25.1. The molecule has 0 radical (unpaired) electrons. The molecule has 0 saturated carbocycles. The molecule has 11 heteroatoms. The van der Waals surface area contributed by atoms with Gasteiger partial charge in [0.15, 0.2) is 5.82 Å². The summed E-state index contributed by atoms with van der Waals surface area (Å²) in [5.74, 6) is 0.472. The van der Waals surface area contributed by atoms with Crippen LogP contribution in [0.5, 0.6) is 0 Å². The van der Waals surface area contributed by atoms with Crippen LogP contribution in [-0.2, 0) is 9.53 Å². The number of aliphatic hydroxyl groups is 1. The number of morpholine rings is 1. The van der Waals surface area contributed by atoms with Gasteiger partial charge in [-0.2, -0.15) is 13.5 Å². The molecule has 2 aromatic heterocycles. The van der Waals surface area contributed by atoms with E-state index in [1.165, 1.54) is 13.8 Å². The minimum Gasteiger partial charge on any atom is -0.381 e. The van der Waals surface area contributed by atoms with Crippen LogP contribution in [0, 0.1) is 0 Å². The predicted octanol–water partition coefficient (Wildman–Crippen LogP) is 1.62. The lowest BCUT2D eigenvalue weighted by atomic mass is 10.1. The highest BCUT2D eigenvalue weighted by atomic mass is 32.1. The number of aromatic nitrogens is 3. The van der Waals surface area contributed by atoms with Crippen LogP contribution in [0.15, 0.2) is 42.7 Å². The third kappa shape index (κ3) is 6.30. The average Bonchev–Trinajstić information content (AvgIpc) is 2.91. The van der Waals surface area contributed by atoms with Crippen molar-refractivity contribution in [3.8, 4) is 11.3 Å². The maximum Gasteiger partial charge on any atom is 0.254 e. The number of nitrogens with one attached hydrogen (secondary N) is 2. The van der Waals surface area contributed by atoms with Gasteiger partial charge in [-0.25, -0.2) is 9.97 Å². The van der Waals surface area contributed by atoms with Gasteiger partial charge in [-0.05, 0) is 32.0 Å². The highest BCUT2D eigenvalue weighted by Crippen LogP contribution is 2.28. The Labute approximate surface area is 223 Å². The fourth-order valence-corrected chi connectivity index (χ4v) is 4.60. The molecule has 3 aromatic rings. The van der Waals surface area contributed by atoms with Gasteiger partial charge >= 0.3 is 0 Å². The van der Waals surface area contributed by atoms with Crippen molar-refractivity contribution in [2.75, 3.05) is 62.6 Å². The van der Waals surface area contributed by atoms with E-state index in [0.29, 0.717) is 32.1 Å². The summed E-state index contributed by atoms with van der Waals surface area (Å²) in [5.41, 5.74) is 3.08. The molecule has 0 unspecified atom stereocenters. The van der Waals surface area contributed by atoms with E-state index in [9.17, 15) is 9.90 Å². The minimum atomic E-state index is -1.34. The first kappa shape index (κ1) is 27.1. The van der Waals surface area contributed by atoms with Gasteiger partial charge in [-0.15, -0.1) is 0 Å². The first-order chi connectivity index (χ1) is 17.4. The maximum absolute atomic E-state index is 12.3. The number of hydrogen-bond donors (Lipinski definition) is 3. The zero-order valence-corrected chi connectivity index (χ0v) is 22.3. The van der Waals surface area contributed by atoms with Crippen LogP contribution in [-0.4, -0.2) is 95.0 Å². The largest absolute Gasteiger partial charge is 0.381 e. The first-order valence-electron chi connectivity index (χ1n) is 12.4. The second kappa shape index (κ2) is 11.6. The van der Waals surface area contributed by atoms with E-state index >= 15 is 0 Å². The number of fused-ring (bicyclic) bond motifs is 1. The predicted molar refractivity (Wildman–Crippen MR) is 149 cm³/mol. The second-order valence-electron chi connectivity index (χ2n) is 9.74. The van der Waals surface area contributed by atoms with Gasteiger partial charge in [0.2, 0.25) is 0 Å². The third-order valence-electron chi connectivity index (χ3n) is 6.58. The number of carbonyl (C=O) groups excluding carboxylic acids is 1. The molecule has 5 rings (SSSR count). The van der Waals surface area contributed by atoms with Crippen molar-refractivity contribution in [1.82, 2.24) is 25.2 Å². The second-order valence-corrected chi connectivity index (χ2v) is 9.74. The van der Waals surface area contributed by atoms with E-state index in [-0.39, 0.29) is 25.5 Å². The van der Waals surface area contributed by atoms with Gasteiger partial charge in [-0.1, -0.05) is 12.1 Å². The lowest BCUT2D eigenvalue weighted by molar-refractivity contribution is -0.148. The van der Waals surface area contributed by atoms with Crippen LogP contribution < -0.4 is 15.5 Å². The van der Waals surface area contributed by atoms with Crippen LogP contribution in [0.25, 0.3) is 22.3 Å². The molecule has 10 nitrogen and oxygen atoms in total. The first-order valence-corrected chi connectivity index (χ1v) is 12.4. The molecule has 1 aromatic carbocycles. The molecule has 0 spiro atoms. The number of pyridine rings is 1. The van der Waals surface area contributed by atoms with E-state index in [0.717, 1.165) is 54.2 Å². The molecule has 2 fully saturated rings. The highest BCUT2D eigenvalue weighted by Gasteiger charge is 2.31. The summed E-state index contributed by atoms with van der Waals surface area (Å²) in [5, 5.41) is 16.8. The van der Waals surface area contributed by atoms with Crippen molar-refractivity contribution in [2.45, 2.75) is 25.6 Å². The van der Waals surface area contributed by atoms with Crippen molar-refractivity contribution in [2.24, 2.45) is 0 Å². The van der Waals surface area contributed by atoms with E-state index in [1.807, 2.05) is 6.07 Å². The van der Waals surface area contributed by atoms with E-state index in [1.54, 1.807) is 17.3 Å². The summed E-state index contributed by atoms with van der Waals surface area (Å²) in [6.07, 6.45) is 3.45. The quantitative estimate of drug-likeness (QED) is 0.442. The third-order valence-corrected chi connectivity index (χ3v) is 6.58. The Morgan fingerprint density at radius 3 is 2.57 bits per heavy atom. The lowest BCUT2D eigenvalue weighted by Gasteiger charge is -2.38. The van der Waals surface area contributed by atoms with Gasteiger partial charge in [0, 0.05) is 69.5 Å². The number of hydrogen-bond acceptors (Lipinski definition) is 9. The Morgan fingerprint density at radius 2 is 1.89 bits per heavy atom. The van der Waals surface area contributed by atoms with Crippen LogP contribution in [0.1, 0.15) is 13.8 Å². The Bertz CT molecular complexity index is 1210. The van der Waals surface area contributed by atoms with Gasteiger partial charge in [0.05, 0.1) is 23.9 Å². The van der Waals surface area contributed by atoms with Crippen molar-refractivity contribution in [3.63, 3.8) is 0 Å². The average molecular weight is 526 g/mol. The molecule has 3 N–H and O–H groups in total. The number of rotatable bonds is 6. The van der Waals surface area contributed by atoms with Gasteiger partial charge in [0.25, 0.3) is 5.91 Å². The molecule has 198 valence electrons. The van der Waals surface area contributed by atoms with Crippen LogP contribution in [0.4, 0.5) is 11.5 Å². The Balaban J connectivity index is 0.00000320. The van der Waals surface area contributed by atoms with Crippen LogP contribution in [0.3, 0.4) is 0 Å². The summed E-state index contributed by atoms with van der Waals surface area (Å²) in [4.78, 5) is 30.2. The standard InChI is InChI=1S/C26H33N7O3.H2S/c1-26(2,35)25(34)33-12-10-32(11-13-33)19-5-3-18(4-6-19)21-15-22-23(29-8-7-28-22)24(31-21)30-17-20-16-27-9-14-36-20;/h3-8,15,20,27,35H,9-14,16-17H2,1-2H3,(H,30,31);1H2/t20-;/m0./s1. The molecule has 0 bridgehead atoms. The molecule has 2 aliphatic heterocycles. The number of nitrogens with zero attached hydrogens (tertiary/aromatic N) is 5. The van der Waals surface area contributed by atoms with Crippen molar-refractivity contribution in [1.29, 1.82) is 0 Å². The molecule has 2 saturated heterocycles. The summed E-state index contributed by atoms with van der Waals surface area (Å²) >= 11 is 0. The molecule has 1 amide bonds. The van der Waals surface area contributed by atoms with E-state index in [4.69, 9.17) is 9.72 Å². The molecule has 1 atom stereocenters. The molecule has 2 aliphatic rings. The number of carbonyl (C=O) groups is 1. The number of anilines is 2. The van der Waals surface area contributed by atoms with Gasteiger partial charge in [0.1, 0.15) is 11.1 Å². The van der Waals surface area contributed by atoms with Crippen LogP contribution in [0.2, 0.25) is 0 Å². The molecule has 37 heavy (non-hydrogen) atoms. The molecular weight excluding hydrogens is 490 g/mol. The Hall–Kier alpha value is -2.99. The topological polar surface area (TPSA) is 116 Å². The van der Waals surface area contributed by atoms with Crippen molar-refractivity contribution < 1.29 is 14.6 Å². The van der Waals surface area contributed by atoms with Crippen LogP contribution >= 0.6 is 13.5 Å². The summed E-state index contributed by atoms with van der Waals surface area (Å²) < 4.78 is 5.81. The monoisotopic (exact) mass is 525 g/mol. The molecule has 4 heterocycles. The minimum absolute atomic E-state index is 0. The Morgan fingerprint density at radius 1 is 1.16 bits per heavy atom. The van der Waals surface area contributed by atoms with Crippen molar-refractivity contribution in [3.05, 3.63) is 42.7 Å². The SMILES string of the molecule is CC(C)(O)C(=O)N1CCN(c2ccc(-c3cc4nccnc4c(NC[C@@H]4CNCCO4)n3)cc2)CC1.S. The normalized spacial score (nSPS) is 18.4. The maximum atomic E-state index is 12.3. The fraction of sp³-hybridized carbons (Fsp3) is 0.462. The molecule has 0 aliphatic carbocycles. The zero-order valence-electron chi connectivity index (χ0n) is 21.3. The smallest absolute Gasteiger partial charge is 0.254 e. The van der Waals surface area contributed by atoms with Crippen molar-refractivity contribution >= 4 is 41.9 Å². The number of piperazine rings is 1. The van der Waals surface area contributed by atoms with Gasteiger partial charge in [-0.3, -0.25) is 9.78 Å². The number of benzene rings is 1. The summed E-state index contributed by atoms with van der Waals surface area (Å²) in [7, 11) is 0. The lowest BCUT2D eigenvalue weighted by Crippen LogP contribution is -2.54. The Kier molecular flexibility index (Phi) is 8.48. The molecular formula is C26H35N7O3S. The number of amides is 1. The van der Waals surface area contributed by atoms with E-state index in [2.05, 4.69) is 49.8 Å². The summed E-state index contributed by atoms with van der Waals surface area (Å²) in [6, 6.07) is 10.3. The highest BCUT2D eigenvalue weighted by molar-refractivity contribution is 7.59. The number of ether oxygens (including phenoxy) is 1. The van der Waals surface area contributed by atoms with Gasteiger partial charge < -0.3 is 30.3 Å².